The second kappa shape index (κ2) is 10.6. The summed E-state index contributed by atoms with van der Waals surface area (Å²) in [7, 11) is 0. The highest BCUT2D eigenvalue weighted by molar-refractivity contribution is 5.97. The molecule has 0 aliphatic heterocycles. The van der Waals surface area contributed by atoms with Crippen molar-refractivity contribution < 1.29 is 4.79 Å². The minimum Gasteiger partial charge on any atom is -0.294 e. The normalized spacial score (nSPS) is 28.4. The van der Waals surface area contributed by atoms with Crippen molar-refractivity contribution in [3.05, 3.63) is 35.4 Å². The number of unbranched alkanes of at least 4 members (excludes halogenated alkanes) is 2. The Morgan fingerprint density at radius 1 is 0.857 bits per heavy atom. The minimum atomic E-state index is 0.0861. The monoisotopic (exact) mass is 382 g/mol. The predicted octanol–water partition coefficient (Wildman–Crippen LogP) is 8.19. The molecule has 2 saturated carbocycles. The highest BCUT2D eigenvalue weighted by Gasteiger charge is 2.31. The zero-order valence-electron chi connectivity index (χ0n) is 18.6. The minimum absolute atomic E-state index is 0.0861. The molecule has 28 heavy (non-hydrogen) atoms. The van der Waals surface area contributed by atoms with Gasteiger partial charge in [-0.25, -0.2) is 0 Å². The van der Waals surface area contributed by atoms with Crippen LogP contribution in [0.1, 0.15) is 120 Å². The van der Waals surface area contributed by atoms with E-state index in [-0.39, 0.29) is 11.7 Å². The van der Waals surface area contributed by atoms with Crippen LogP contribution in [-0.2, 0) is 0 Å². The number of carbonyl (C=O) groups is 1. The lowest BCUT2D eigenvalue weighted by Crippen LogP contribution is -2.25. The molecule has 0 bridgehead atoms. The number of benzene rings is 1. The molecular formula is C27H42O. The van der Waals surface area contributed by atoms with Gasteiger partial charge in [0.15, 0.2) is 5.78 Å². The fourth-order valence-corrected chi connectivity index (χ4v) is 5.81. The van der Waals surface area contributed by atoms with Gasteiger partial charge in [-0.3, -0.25) is 4.79 Å². The Labute approximate surface area is 173 Å². The maximum absolute atomic E-state index is 12.1. The molecule has 156 valence electrons. The van der Waals surface area contributed by atoms with Gasteiger partial charge in [0.25, 0.3) is 0 Å². The van der Waals surface area contributed by atoms with Crippen molar-refractivity contribution >= 4 is 5.78 Å². The Hall–Kier alpha value is -1.11. The van der Waals surface area contributed by atoms with E-state index in [0.717, 1.165) is 23.3 Å². The summed E-state index contributed by atoms with van der Waals surface area (Å²) < 4.78 is 0. The van der Waals surface area contributed by atoms with Gasteiger partial charge in [0.2, 0.25) is 0 Å². The van der Waals surface area contributed by atoms with Gasteiger partial charge in [-0.05, 0) is 67.8 Å². The predicted molar refractivity (Wildman–Crippen MR) is 120 cm³/mol. The van der Waals surface area contributed by atoms with Gasteiger partial charge in [0, 0.05) is 11.5 Å². The number of hydrogen-bond donors (Lipinski definition) is 0. The first-order valence-corrected chi connectivity index (χ1v) is 12.2. The van der Waals surface area contributed by atoms with Crippen LogP contribution in [0.25, 0.3) is 0 Å². The lowest BCUT2D eigenvalue weighted by Gasteiger charge is -2.38. The van der Waals surface area contributed by atoms with E-state index >= 15 is 0 Å². The molecule has 0 unspecified atom stereocenters. The average Bonchev–Trinajstić information content (AvgIpc) is 2.74. The molecule has 0 saturated heterocycles. The van der Waals surface area contributed by atoms with Gasteiger partial charge in [-0.1, -0.05) is 83.6 Å². The average molecular weight is 383 g/mol. The molecule has 0 N–H and O–H groups in total. The van der Waals surface area contributed by atoms with Gasteiger partial charge in [0.1, 0.15) is 0 Å². The summed E-state index contributed by atoms with van der Waals surface area (Å²) in [5, 5.41) is 0. The fourth-order valence-electron chi connectivity index (χ4n) is 5.81. The van der Waals surface area contributed by atoms with Gasteiger partial charge >= 0.3 is 0 Å². The first-order chi connectivity index (χ1) is 13.6. The molecule has 1 aromatic rings. The molecule has 1 heteroatoms. The second-order valence-corrected chi connectivity index (χ2v) is 10.0. The summed E-state index contributed by atoms with van der Waals surface area (Å²) in [4.78, 5) is 12.1. The van der Waals surface area contributed by atoms with Crippen LogP contribution in [-0.4, -0.2) is 5.78 Å². The molecule has 0 heterocycles. The Morgan fingerprint density at radius 2 is 1.43 bits per heavy atom. The summed E-state index contributed by atoms with van der Waals surface area (Å²) in [6.07, 6.45) is 17.3. The SMILES string of the molecule is CCCCCC1CCC(C2CCC(c3ccc(C(=O)C(C)C)cc3)CC2)CC1. The third kappa shape index (κ3) is 5.71. The summed E-state index contributed by atoms with van der Waals surface area (Å²) in [5.74, 6) is 4.09. The van der Waals surface area contributed by atoms with E-state index in [2.05, 4.69) is 31.2 Å². The molecule has 0 atom stereocenters. The first kappa shape index (κ1) is 21.6. The number of ketones is 1. The Bertz CT molecular complexity index is 583. The van der Waals surface area contributed by atoms with Crippen LogP contribution in [0.5, 0.6) is 0 Å². The Kier molecular flexibility index (Phi) is 8.18. The van der Waals surface area contributed by atoms with Crippen molar-refractivity contribution in [2.24, 2.45) is 23.7 Å². The van der Waals surface area contributed by atoms with Crippen LogP contribution in [0.15, 0.2) is 24.3 Å². The number of carbonyl (C=O) groups excluding carboxylic acids is 1. The maximum Gasteiger partial charge on any atom is 0.165 e. The van der Waals surface area contributed by atoms with Crippen molar-refractivity contribution in [1.29, 1.82) is 0 Å². The second-order valence-electron chi connectivity index (χ2n) is 10.0. The topological polar surface area (TPSA) is 17.1 Å². The van der Waals surface area contributed by atoms with Crippen molar-refractivity contribution in [3.63, 3.8) is 0 Å². The first-order valence-electron chi connectivity index (χ1n) is 12.2. The summed E-state index contributed by atoms with van der Waals surface area (Å²) >= 11 is 0. The van der Waals surface area contributed by atoms with Gasteiger partial charge < -0.3 is 0 Å². The van der Waals surface area contributed by atoms with Crippen molar-refractivity contribution in [3.8, 4) is 0 Å². The zero-order chi connectivity index (χ0) is 19.9. The quantitative estimate of drug-likeness (QED) is 0.327. The highest BCUT2D eigenvalue weighted by atomic mass is 16.1. The smallest absolute Gasteiger partial charge is 0.165 e. The Morgan fingerprint density at radius 3 is 1.96 bits per heavy atom. The van der Waals surface area contributed by atoms with Crippen molar-refractivity contribution in [2.45, 2.75) is 104 Å². The van der Waals surface area contributed by atoms with E-state index in [9.17, 15) is 4.79 Å². The van der Waals surface area contributed by atoms with Crippen LogP contribution in [0.4, 0.5) is 0 Å². The van der Waals surface area contributed by atoms with Crippen LogP contribution in [0.2, 0.25) is 0 Å². The standard InChI is InChI=1S/C27H42O/c1-4-5-6-7-21-8-10-22(11-9-21)23-12-14-24(15-13-23)25-16-18-26(19-17-25)27(28)20(2)3/h16-24H,4-15H2,1-3H3. The molecule has 0 spiro atoms. The molecule has 1 aromatic carbocycles. The van der Waals surface area contributed by atoms with Crippen molar-refractivity contribution in [2.75, 3.05) is 0 Å². The summed E-state index contributed by atoms with van der Waals surface area (Å²) in [6.45, 7) is 6.28. The third-order valence-corrected chi connectivity index (χ3v) is 7.74. The largest absolute Gasteiger partial charge is 0.294 e. The maximum atomic E-state index is 12.1. The van der Waals surface area contributed by atoms with Crippen LogP contribution in [0.3, 0.4) is 0 Å². The van der Waals surface area contributed by atoms with E-state index in [1.165, 1.54) is 82.6 Å². The van der Waals surface area contributed by atoms with Gasteiger partial charge in [0.05, 0.1) is 0 Å². The molecule has 3 rings (SSSR count). The van der Waals surface area contributed by atoms with E-state index in [0.29, 0.717) is 5.92 Å². The molecule has 2 aliphatic rings. The molecule has 0 radical (unpaired) electrons. The molecule has 0 aromatic heterocycles. The van der Waals surface area contributed by atoms with Crippen molar-refractivity contribution in [1.82, 2.24) is 0 Å². The van der Waals surface area contributed by atoms with Crippen LogP contribution >= 0.6 is 0 Å². The van der Waals surface area contributed by atoms with Gasteiger partial charge in [-0.2, -0.15) is 0 Å². The number of Topliss-reactive ketones (excluding diaryl/α,β-unsaturated/α-hetero) is 1. The highest BCUT2D eigenvalue weighted by Crippen LogP contribution is 2.44. The number of rotatable bonds is 8. The van der Waals surface area contributed by atoms with E-state index in [1.807, 2.05) is 13.8 Å². The van der Waals surface area contributed by atoms with E-state index in [4.69, 9.17) is 0 Å². The molecule has 2 fully saturated rings. The third-order valence-electron chi connectivity index (χ3n) is 7.74. The van der Waals surface area contributed by atoms with E-state index < -0.39 is 0 Å². The molecular weight excluding hydrogens is 340 g/mol. The van der Waals surface area contributed by atoms with Crippen LogP contribution in [0, 0.1) is 23.7 Å². The molecule has 1 nitrogen and oxygen atoms in total. The zero-order valence-corrected chi connectivity index (χ0v) is 18.6. The lowest BCUT2D eigenvalue weighted by atomic mass is 9.68. The fraction of sp³-hybridized carbons (Fsp3) is 0.741. The lowest BCUT2D eigenvalue weighted by molar-refractivity contribution is 0.0939. The summed E-state index contributed by atoms with van der Waals surface area (Å²) in [5.41, 5.74) is 2.33. The van der Waals surface area contributed by atoms with Crippen LogP contribution < -0.4 is 0 Å². The number of hydrogen-bond acceptors (Lipinski definition) is 1. The summed E-state index contributed by atoms with van der Waals surface area (Å²) in [6, 6.07) is 8.57. The van der Waals surface area contributed by atoms with E-state index in [1.54, 1.807) is 0 Å². The molecule has 2 aliphatic carbocycles. The molecule has 0 amide bonds. The van der Waals surface area contributed by atoms with Gasteiger partial charge in [-0.15, -0.1) is 0 Å². The Balaban J connectivity index is 1.43.